The third-order valence-electron chi connectivity index (χ3n) is 4.23. The van der Waals surface area contributed by atoms with Crippen LogP contribution in [-0.4, -0.2) is 68.4 Å². The van der Waals surface area contributed by atoms with Gasteiger partial charge in [-0.1, -0.05) is 13.0 Å². The zero-order valence-electron chi connectivity index (χ0n) is 16.0. The summed E-state index contributed by atoms with van der Waals surface area (Å²) >= 11 is 1.56. The Morgan fingerprint density at radius 1 is 1.42 bits per heavy atom. The topological polar surface area (TPSA) is 69.1 Å². The summed E-state index contributed by atoms with van der Waals surface area (Å²) in [5.41, 5.74) is -0.935. The van der Waals surface area contributed by atoms with E-state index in [-0.39, 0.29) is 24.0 Å². The molecule has 150 valence electrons. The van der Waals surface area contributed by atoms with Crippen LogP contribution in [0.1, 0.15) is 25.6 Å². The van der Waals surface area contributed by atoms with Crippen LogP contribution >= 0.6 is 35.3 Å². The van der Waals surface area contributed by atoms with E-state index in [1.54, 1.807) is 11.3 Å². The highest BCUT2D eigenvalue weighted by Crippen LogP contribution is 2.25. The highest BCUT2D eigenvalue weighted by Gasteiger charge is 2.24. The molecule has 0 radical (unpaired) electrons. The summed E-state index contributed by atoms with van der Waals surface area (Å²) in [6.07, 6.45) is 0. The molecule has 2 heterocycles. The molecular weight excluding hydrogens is 463 g/mol. The summed E-state index contributed by atoms with van der Waals surface area (Å²) in [5, 5.41) is 19.2. The van der Waals surface area contributed by atoms with E-state index >= 15 is 0 Å². The van der Waals surface area contributed by atoms with Gasteiger partial charge in [-0.2, -0.15) is 0 Å². The summed E-state index contributed by atoms with van der Waals surface area (Å²) < 4.78 is 5.40. The lowest BCUT2D eigenvalue weighted by Gasteiger charge is -2.29. The van der Waals surface area contributed by atoms with Crippen LogP contribution in [0.2, 0.25) is 0 Å². The zero-order valence-corrected chi connectivity index (χ0v) is 19.2. The first-order valence-corrected chi connectivity index (χ1v) is 9.98. The zero-order chi connectivity index (χ0) is 18.1. The molecular formula is C18H33IN4O2S. The molecule has 2 rings (SSSR count). The number of hydrogen-bond donors (Lipinski definition) is 3. The first-order chi connectivity index (χ1) is 12.0. The number of halogens is 1. The van der Waals surface area contributed by atoms with Gasteiger partial charge in [0.2, 0.25) is 0 Å². The molecule has 1 aromatic rings. The van der Waals surface area contributed by atoms with Gasteiger partial charge in [0.05, 0.1) is 19.8 Å². The fourth-order valence-electron chi connectivity index (χ4n) is 2.80. The van der Waals surface area contributed by atoms with E-state index in [0.29, 0.717) is 12.5 Å². The van der Waals surface area contributed by atoms with Gasteiger partial charge >= 0.3 is 0 Å². The Morgan fingerprint density at radius 2 is 2.15 bits per heavy atom. The number of hydrogen-bond acceptors (Lipinski definition) is 5. The summed E-state index contributed by atoms with van der Waals surface area (Å²) in [5.74, 6) is 1.27. The molecule has 6 nitrogen and oxygen atoms in total. The van der Waals surface area contributed by atoms with Crippen LogP contribution in [0, 0.1) is 5.92 Å². The molecule has 1 aliphatic rings. The largest absolute Gasteiger partial charge is 0.383 e. The van der Waals surface area contributed by atoms with E-state index in [2.05, 4.69) is 27.4 Å². The van der Waals surface area contributed by atoms with Crippen molar-refractivity contribution in [2.24, 2.45) is 10.9 Å². The van der Waals surface area contributed by atoms with Crippen molar-refractivity contribution < 1.29 is 9.84 Å². The quantitative estimate of drug-likeness (QED) is 0.292. The molecule has 0 spiro atoms. The number of ether oxygens (including phenoxy) is 1. The highest BCUT2D eigenvalue weighted by atomic mass is 127. The maximum absolute atomic E-state index is 10.6. The second-order valence-electron chi connectivity index (χ2n) is 6.85. The van der Waals surface area contributed by atoms with Crippen molar-refractivity contribution in [2.45, 2.75) is 26.4 Å². The van der Waals surface area contributed by atoms with E-state index < -0.39 is 5.60 Å². The van der Waals surface area contributed by atoms with Crippen molar-refractivity contribution in [3.63, 3.8) is 0 Å². The van der Waals surface area contributed by atoms with Crippen LogP contribution in [0.3, 0.4) is 0 Å². The van der Waals surface area contributed by atoms with Crippen LogP contribution < -0.4 is 10.6 Å². The van der Waals surface area contributed by atoms with Gasteiger partial charge in [0, 0.05) is 37.6 Å². The molecule has 1 fully saturated rings. The summed E-state index contributed by atoms with van der Waals surface area (Å²) in [4.78, 5) is 7.96. The number of nitrogens with zero attached hydrogens (tertiary/aromatic N) is 2. The molecule has 0 bridgehead atoms. The van der Waals surface area contributed by atoms with Crippen LogP contribution in [0.15, 0.2) is 22.5 Å². The maximum Gasteiger partial charge on any atom is 0.191 e. The van der Waals surface area contributed by atoms with E-state index in [0.717, 1.165) is 56.8 Å². The van der Waals surface area contributed by atoms with Crippen LogP contribution in [0.5, 0.6) is 0 Å². The average Bonchev–Trinajstić information content (AvgIpc) is 3.14. The van der Waals surface area contributed by atoms with Crippen molar-refractivity contribution in [1.82, 2.24) is 15.5 Å². The predicted molar refractivity (Wildman–Crippen MR) is 120 cm³/mol. The smallest absolute Gasteiger partial charge is 0.191 e. The second kappa shape index (κ2) is 12.1. The van der Waals surface area contributed by atoms with Crippen LogP contribution in [0.4, 0.5) is 0 Å². The minimum Gasteiger partial charge on any atom is -0.383 e. The van der Waals surface area contributed by atoms with Crippen LogP contribution in [0.25, 0.3) is 0 Å². The number of nitrogens with one attached hydrogen (secondary N) is 2. The molecule has 0 aromatic carbocycles. The number of thiophene rings is 1. The third kappa shape index (κ3) is 8.08. The molecule has 0 saturated carbocycles. The monoisotopic (exact) mass is 496 g/mol. The van der Waals surface area contributed by atoms with E-state index in [9.17, 15) is 5.11 Å². The van der Waals surface area contributed by atoms with Gasteiger partial charge in [0.25, 0.3) is 0 Å². The Morgan fingerprint density at radius 3 is 2.77 bits per heavy atom. The lowest BCUT2D eigenvalue weighted by Crippen LogP contribution is -2.44. The van der Waals surface area contributed by atoms with Gasteiger partial charge in [-0.15, -0.1) is 35.3 Å². The Balaban J connectivity index is 0.00000338. The summed E-state index contributed by atoms with van der Waals surface area (Å²) in [6.45, 7) is 12.8. The molecule has 2 atom stereocenters. The van der Waals surface area contributed by atoms with Crippen molar-refractivity contribution in [3.8, 4) is 0 Å². The molecule has 1 saturated heterocycles. The third-order valence-corrected chi connectivity index (χ3v) is 5.36. The van der Waals surface area contributed by atoms with Gasteiger partial charge in [0.15, 0.2) is 5.96 Å². The first-order valence-electron chi connectivity index (χ1n) is 9.10. The van der Waals surface area contributed by atoms with E-state index in [1.165, 1.54) is 0 Å². The Kier molecular flexibility index (Phi) is 11.0. The van der Waals surface area contributed by atoms with Gasteiger partial charge in [-0.05, 0) is 31.2 Å². The average molecular weight is 496 g/mol. The molecule has 26 heavy (non-hydrogen) atoms. The lowest BCUT2D eigenvalue weighted by molar-refractivity contribution is 0.0320. The Bertz CT molecular complexity index is 519. The lowest BCUT2D eigenvalue weighted by atomic mass is 10.1. The molecule has 2 unspecified atom stereocenters. The highest BCUT2D eigenvalue weighted by molar-refractivity contribution is 14.0. The molecule has 0 aliphatic carbocycles. The number of guanidine groups is 1. The molecule has 0 amide bonds. The normalized spacial score (nSPS) is 19.3. The van der Waals surface area contributed by atoms with E-state index in [4.69, 9.17) is 4.74 Å². The first kappa shape index (κ1) is 23.6. The number of rotatable bonds is 8. The molecule has 1 aromatic heterocycles. The Hall–Kier alpha value is -0.420. The number of morpholine rings is 1. The summed E-state index contributed by atoms with van der Waals surface area (Å²) in [6, 6.07) is 3.90. The second-order valence-corrected chi connectivity index (χ2v) is 7.79. The van der Waals surface area contributed by atoms with Crippen molar-refractivity contribution in [2.75, 3.05) is 52.5 Å². The van der Waals surface area contributed by atoms with Crippen molar-refractivity contribution in [1.29, 1.82) is 0 Å². The van der Waals surface area contributed by atoms with Crippen molar-refractivity contribution >= 4 is 41.3 Å². The van der Waals surface area contributed by atoms with Gasteiger partial charge in [0.1, 0.15) is 5.60 Å². The minimum atomic E-state index is -0.935. The molecule has 8 heteroatoms. The number of aliphatic imine (C=N–C) groups is 1. The SMILES string of the molecule is CCNC(=NCC(C)(O)c1cccs1)NCC(C)CN1CCOCC1.I. The van der Waals surface area contributed by atoms with E-state index in [1.807, 2.05) is 31.4 Å². The number of aliphatic hydroxyl groups is 1. The Labute approximate surface area is 178 Å². The van der Waals surface area contributed by atoms with Crippen molar-refractivity contribution in [3.05, 3.63) is 22.4 Å². The minimum absolute atomic E-state index is 0. The molecule has 1 aliphatic heterocycles. The van der Waals surface area contributed by atoms with Gasteiger partial charge in [-0.3, -0.25) is 4.90 Å². The maximum atomic E-state index is 10.6. The summed E-state index contributed by atoms with van der Waals surface area (Å²) in [7, 11) is 0. The van der Waals surface area contributed by atoms with Crippen LogP contribution in [-0.2, 0) is 10.3 Å². The predicted octanol–water partition coefficient (Wildman–Crippen LogP) is 2.10. The fraction of sp³-hybridized carbons (Fsp3) is 0.722. The standard InChI is InChI=1S/C18H32N4O2S.HI/c1-4-19-17(21-14-18(3,23)16-6-5-11-25-16)20-12-15(2)13-22-7-9-24-10-8-22;/h5-6,11,15,23H,4,7-10,12-14H2,1-3H3,(H2,19,20,21);1H. The molecule has 3 N–H and O–H groups in total. The van der Waals surface area contributed by atoms with Gasteiger partial charge < -0.3 is 20.5 Å². The fourth-order valence-corrected chi connectivity index (χ4v) is 3.58. The van der Waals surface area contributed by atoms with Gasteiger partial charge in [-0.25, -0.2) is 4.99 Å².